The Bertz CT molecular complexity index is 162. The molecule has 48 valence electrons. The number of hydrogen-bond acceptors (Lipinski definition) is 2. The van der Waals surface area contributed by atoms with Crippen LogP contribution >= 0.6 is 0 Å². The van der Waals surface area contributed by atoms with Crippen LogP contribution in [0.1, 0.15) is 0 Å². The summed E-state index contributed by atoms with van der Waals surface area (Å²) < 4.78 is 1.86. The number of rotatable bonds is 3. The van der Waals surface area contributed by atoms with Crippen molar-refractivity contribution in [3.05, 3.63) is 34.5 Å². The van der Waals surface area contributed by atoms with E-state index in [4.69, 9.17) is 0 Å². The van der Waals surface area contributed by atoms with Gasteiger partial charge in [-0.05, 0) is 0 Å². The van der Waals surface area contributed by atoms with Gasteiger partial charge in [0.05, 0.1) is 0 Å². The molecule has 0 unspecified atom stereocenters. The van der Waals surface area contributed by atoms with E-state index in [-0.39, 0.29) is 0 Å². The maximum atomic E-state index is 9.59. The average molecular weight is 294 g/mol. The molecule has 0 aromatic rings. The zero-order valence-corrected chi connectivity index (χ0v) is 7.41. The maximum absolute atomic E-state index is 9.59. The average Bonchev–Trinajstić information content (AvgIpc) is 1.80. The first-order chi connectivity index (χ1) is 4.27. The zero-order valence-electron chi connectivity index (χ0n) is 4.48. The van der Waals surface area contributed by atoms with E-state index in [9.17, 15) is 10.1 Å². The molecule has 0 aliphatic carbocycles. The fourth-order valence-corrected chi connectivity index (χ4v) is 0.531. The van der Waals surface area contributed by atoms with E-state index in [0.717, 1.165) is 0 Å². The van der Waals surface area contributed by atoms with E-state index >= 15 is 0 Å². The summed E-state index contributed by atoms with van der Waals surface area (Å²) in [5, 5.41) is 9.59. The molecule has 0 radical (unpaired) electrons. The van der Waals surface area contributed by atoms with Crippen LogP contribution in [0.5, 0.6) is 0 Å². The SMILES string of the molecule is O=[N+]([O-])[C-]=C/C=C\[CH]=[W]. The fourth-order valence-electron chi connectivity index (χ4n) is 0.205. The Morgan fingerprint density at radius 2 is 2.22 bits per heavy atom. The van der Waals surface area contributed by atoms with Crippen molar-refractivity contribution in [3.8, 4) is 0 Å². The Balaban J connectivity index is 3.59. The number of nitro groups is 1. The van der Waals surface area contributed by atoms with Crippen molar-refractivity contribution in [2.75, 3.05) is 0 Å². The third-order valence-corrected chi connectivity index (χ3v) is 1.03. The summed E-state index contributed by atoms with van der Waals surface area (Å²) in [4.78, 5) is 8.97. The predicted octanol–water partition coefficient (Wildman–Crippen LogP) is 0.485. The fraction of sp³-hybridized carbons (Fsp3) is 0. The summed E-state index contributed by atoms with van der Waals surface area (Å²) in [6.45, 7) is 0. The van der Waals surface area contributed by atoms with Crippen molar-refractivity contribution in [2.24, 2.45) is 0 Å². The topological polar surface area (TPSA) is 43.1 Å². The van der Waals surface area contributed by atoms with E-state index in [1.165, 1.54) is 25.4 Å². The minimum absolute atomic E-state index is 0.618. The van der Waals surface area contributed by atoms with Gasteiger partial charge in [0, 0.05) is 0 Å². The molecule has 0 bridgehead atoms. The molecule has 9 heavy (non-hydrogen) atoms. The molecule has 0 heterocycles. The van der Waals surface area contributed by atoms with Crippen molar-refractivity contribution >= 4 is 4.40 Å². The summed E-state index contributed by atoms with van der Waals surface area (Å²) >= 11 is 1.32. The first-order valence-electron chi connectivity index (χ1n) is 2.11. The van der Waals surface area contributed by atoms with Gasteiger partial charge in [-0.2, -0.15) is 0 Å². The molecule has 0 saturated heterocycles. The van der Waals surface area contributed by atoms with Crippen LogP contribution in [0.3, 0.4) is 0 Å². The van der Waals surface area contributed by atoms with Crippen LogP contribution in [-0.2, 0) is 19.4 Å². The number of nitrogens with zero attached hydrogens (tertiary/aromatic N) is 1. The molecule has 3 nitrogen and oxygen atoms in total. The Morgan fingerprint density at radius 3 is 2.67 bits per heavy atom. The van der Waals surface area contributed by atoms with Gasteiger partial charge in [0.1, 0.15) is 0 Å². The van der Waals surface area contributed by atoms with Gasteiger partial charge >= 0.3 is 63.2 Å². The molecule has 0 fully saturated rings. The molecule has 0 aliphatic heterocycles. The minimum atomic E-state index is -0.618. The first-order valence-corrected chi connectivity index (χ1v) is 3.81. The molecule has 0 amide bonds. The second kappa shape index (κ2) is 5.57. The van der Waals surface area contributed by atoms with Gasteiger partial charge < -0.3 is 0 Å². The van der Waals surface area contributed by atoms with Crippen molar-refractivity contribution in [3.63, 3.8) is 0 Å². The van der Waals surface area contributed by atoms with Crippen LogP contribution in [0.2, 0.25) is 0 Å². The summed E-state index contributed by atoms with van der Waals surface area (Å²) in [7, 11) is 0. The van der Waals surface area contributed by atoms with E-state index < -0.39 is 4.92 Å². The van der Waals surface area contributed by atoms with Gasteiger partial charge in [-0.3, -0.25) is 0 Å². The summed E-state index contributed by atoms with van der Waals surface area (Å²) in [5.74, 6) is 0. The van der Waals surface area contributed by atoms with Crippen molar-refractivity contribution in [1.29, 1.82) is 0 Å². The van der Waals surface area contributed by atoms with Crippen LogP contribution < -0.4 is 0 Å². The van der Waals surface area contributed by atoms with Gasteiger partial charge in [0.2, 0.25) is 0 Å². The Hall–Kier alpha value is -0.562. The van der Waals surface area contributed by atoms with Crippen LogP contribution in [-0.4, -0.2) is 9.32 Å². The second-order valence-electron chi connectivity index (χ2n) is 1.07. The van der Waals surface area contributed by atoms with Gasteiger partial charge in [0.25, 0.3) is 0 Å². The molecule has 0 N–H and O–H groups in total. The van der Waals surface area contributed by atoms with Crippen LogP contribution in [0.25, 0.3) is 0 Å². The standard InChI is InChI=1S/C5H4NO2.W/c1-2-3-4-5-6(7)8;/h1-4H;/q-1;/b3-2-;. The third-order valence-electron chi connectivity index (χ3n) is 0.466. The monoisotopic (exact) mass is 294 g/mol. The van der Waals surface area contributed by atoms with E-state index in [1.807, 2.05) is 10.6 Å². The molecule has 0 rings (SSSR count). The van der Waals surface area contributed by atoms with E-state index in [2.05, 4.69) is 0 Å². The molecule has 0 aromatic carbocycles. The quantitative estimate of drug-likeness (QED) is 0.250. The van der Waals surface area contributed by atoms with Crippen molar-refractivity contribution < 1.29 is 24.3 Å². The van der Waals surface area contributed by atoms with Crippen LogP contribution in [0.15, 0.2) is 18.2 Å². The molecular formula is C5H4NO2W-. The van der Waals surface area contributed by atoms with Gasteiger partial charge in [-0.25, -0.2) is 0 Å². The predicted molar refractivity (Wildman–Crippen MR) is 30.0 cm³/mol. The third kappa shape index (κ3) is 7.44. The van der Waals surface area contributed by atoms with E-state index in [0.29, 0.717) is 0 Å². The molecule has 0 spiro atoms. The second-order valence-corrected chi connectivity index (χ2v) is 2.05. The summed E-state index contributed by atoms with van der Waals surface area (Å²) in [5.41, 5.74) is 0. The molecule has 0 atom stereocenters. The molecular weight excluding hydrogens is 290 g/mol. The van der Waals surface area contributed by atoms with E-state index in [1.54, 1.807) is 12.2 Å². The number of allylic oxidation sites excluding steroid dienone is 3. The van der Waals surface area contributed by atoms with Gasteiger partial charge in [-0.1, -0.05) is 0 Å². The normalized spacial score (nSPS) is 10.7. The Kier molecular flexibility index (Phi) is 5.22. The first kappa shape index (κ1) is 8.44. The van der Waals surface area contributed by atoms with Gasteiger partial charge in [0.15, 0.2) is 0 Å². The molecule has 0 aliphatic rings. The Morgan fingerprint density at radius 1 is 1.56 bits per heavy atom. The summed E-state index contributed by atoms with van der Waals surface area (Å²) in [6, 6.07) is 0. The Labute approximate surface area is 63.6 Å². The summed E-state index contributed by atoms with van der Waals surface area (Å²) in [6.07, 6.45) is 6.44. The molecule has 4 heteroatoms. The zero-order chi connectivity index (χ0) is 7.11. The molecule has 0 saturated carbocycles. The number of hydrogen-bond donors (Lipinski definition) is 0. The molecule has 0 aromatic heterocycles. The van der Waals surface area contributed by atoms with Crippen LogP contribution in [0.4, 0.5) is 0 Å². The van der Waals surface area contributed by atoms with Gasteiger partial charge in [-0.15, -0.1) is 0 Å². The van der Waals surface area contributed by atoms with Crippen molar-refractivity contribution in [1.82, 2.24) is 0 Å². The van der Waals surface area contributed by atoms with Crippen molar-refractivity contribution in [2.45, 2.75) is 0 Å². The van der Waals surface area contributed by atoms with Crippen LogP contribution in [0, 0.1) is 16.3 Å².